The van der Waals surface area contributed by atoms with Crippen LogP contribution in [0.1, 0.15) is 0 Å². The Balaban J connectivity index is 2.52. The van der Waals surface area contributed by atoms with Crippen molar-refractivity contribution in [3.8, 4) is 0 Å². The van der Waals surface area contributed by atoms with Gasteiger partial charge in [-0.3, -0.25) is 0 Å². The first kappa shape index (κ1) is 14.0. The molecule has 0 saturated heterocycles. The van der Waals surface area contributed by atoms with Gasteiger partial charge in [0.25, 0.3) is 9.26 Å². The van der Waals surface area contributed by atoms with E-state index in [9.17, 15) is 18.3 Å². The number of amides is 1. The Morgan fingerprint density at radius 3 is 2.47 bits per heavy atom. The van der Waals surface area contributed by atoms with Crippen LogP contribution in [0.3, 0.4) is 0 Å². The molecule has 1 aromatic rings. The fraction of sp³-hybridized carbons (Fsp3) is 0. The Morgan fingerprint density at radius 2 is 1.95 bits per heavy atom. The number of hydrogen-bond acceptors (Lipinski definition) is 4. The largest absolute Gasteiger partial charge is 0.464 e. The number of carbonyl (C=O) groups is 1. The maximum Gasteiger partial charge on any atom is 0.418 e. The normalized spacial score (nSPS) is 17.1. The molecule has 0 radical (unpaired) electrons. The summed E-state index contributed by atoms with van der Waals surface area (Å²) in [5.41, 5.74) is 0.334. The lowest BCUT2D eigenvalue weighted by molar-refractivity contribution is 0.205. The zero-order valence-electron chi connectivity index (χ0n) is 9.22. The number of aliphatic imine (C=N–C) groups is 1. The van der Waals surface area contributed by atoms with Crippen LogP contribution in [0.4, 0.5) is 10.5 Å². The van der Waals surface area contributed by atoms with Gasteiger partial charge in [-0.25, -0.2) is 14.7 Å². The second-order valence-electron chi connectivity index (χ2n) is 3.29. The van der Waals surface area contributed by atoms with E-state index in [2.05, 4.69) is 20.9 Å². The molecule has 1 aliphatic heterocycles. The van der Waals surface area contributed by atoms with Crippen LogP contribution in [0.25, 0.3) is 0 Å². The monoisotopic (exact) mass is 362 g/mol. The van der Waals surface area contributed by atoms with Gasteiger partial charge in [0.15, 0.2) is 5.17 Å². The quantitative estimate of drug-likeness (QED) is 0.829. The number of hydrogen-bond donors (Lipinski definition) is 1. The van der Waals surface area contributed by atoms with Gasteiger partial charge in [-0.05, 0) is 24.3 Å². The third-order valence-corrected chi connectivity index (χ3v) is 5.66. The van der Waals surface area contributed by atoms with Crippen molar-refractivity contribution in [2.75, 3.05) is 4.90 Å². The fourth-order valence-corrected chi connectivity index (χ4v) is 3.85. The molecule has 0 saturated carbocycles. The molecule has 1 unspecified atom stereocenters. The number of carboxylic acid groups (broad SMARTS) is 1. The molecule has 100 valence electrons. The molecule has 6 nitrogen and oxygen atoms in total. The van der Waals surface area contributed by atoms with Crippen molar-refractivity contribution >= 4 is 51.6 Å². The third kappa shape index (κ3) is 2.94. The van der Waals surface area contributed by atoms with E-state index >= 15 is 0 Å². The van der Waals surface area contributed by atoms with Crippen LogP contribution in [0.5, 0.6) is 0 Å². The van der Waals surface area contributed by atoms with Crippen molar-refractivity contribution in [2.24, 2.45) is 4.99 Å². The molecule has 0 spiro atoms. The molecule has 1 aromatic carbocycles. The van der Waals surface area contributed by atoms with Crippen molar-refractivity contribution in [3.63, 3.8) is 0 Å². The lowest BCUT2D eigenvalue weighted by atomic mass is 10.3. The highest BCUT2D eigenvalue weighted by Gasteiger charge is 2.26. The topological polar surface area (TPSA) is 87.0 Å². The number of benzene rings is 1. The molecule has 9 heteroatoms. The summed E-state index contributed by atoms with van der Waals surface area (Å²) >= 11 is 3.24. The van der Waals surface area contributed by atoms with Gasteiger partial charge in [0.1, 0.15) is 0 Å². The molecule has 2 rings (SSSR count). The van der Waals surface area contributed by atoms with Gasteiger partial charge < -0.3 is 5.11 Å². The van der Waals surface area contributed by atoms with Crippen molar-refractivity contribution in [2.45, 2.75) is 0 Å². The molecular formula is C10H7BrN2O4S2. The van der Waals surface area contributed by atoms with Gasteiger partial charge in [0.05, 0.1) is 5.69 Å². The average Bonchev–Trinajstić information content (AvgIpc) is 2.80. The summed E-state index contributed by atoms with van der Waals surface area (Å²) in [4.78, 5) is 16.1. The van der Waals surface area contributed by atoms with Gasteiger partial charge >= 0.3 is 6.09 Å². The van der Waals surface area contributed by atoms with Crippen LogP contribution in [-0.2, 0) is 18.7 Å². The summed E-state index contributed by atoms with van der Waals surface area (Å²) in [5, 5.41) is 10.6. The minimum absolute atomic E-state index is 0.0249. The van der Waals surface area contributed by atoms with Gasteiger partial charge in [-0.15, -0.1) is 0 Å². The highest BCUT2D eigenvalue weighted by atomic mass is 79.9. The van der Waals surface area contributed by atoms with Gasteiger partial charge in [-0.1, -0.05) is 15.9 Å². The van der Waals surface area contributed by atoms with Crippen LogP contribution >= 0.6 is 15.9 Å². The maximum absolute atomic E-state index is 11.3. The van der Waals surface area contributed by atoms with Crippen LogP contribution in [0.2, 0.25) is 0 Å². The van der Waals surface area contributed by atoms with E-state index in [-0.39, 0.29) is 5.17 Å². The SMILES string of the molecule is O=C(O)N(C1=NC=CS1=S(=O)=O)c1ccc(Br)cc1. The van der Waals surface area contributed by atoms with Crippen molar-refractivity contribution in [1.82, 2.24) is 0 Å². The zero-order valence-corrected chi connectivity index (χ0v) is 12.4. The lowest BCUT2D eigenvalue weighted by Crippen LogP contribution is -2.37. The first-order chi connectivity index (χ1) is 9.00. The fourth-order valence-electron chi connectivity index (χ4n) is 1.41. The van der Waals surface area contributed by atoms with E-state index in [1.165, 1.54) is 11.6 Å². The third-order valence-electron chi connectivity index (χ3n) is 2.16. The van der Waals surface area contributed by atoms with E-state index in [0.717, 1.165) is 9.37 Å². The molecule has 19 heavy (non-hydrogen) atoms. The molecular weight excluding hydrogens is 356 g/mol. The number of rotatable bonds is 1. The van der Waals surface area contributed by atoms with Gasteiger partial charge in [-0.2, -0.15) is 8.42 Å². The smallest absolute Gasteiger partial charge is 0.418 e. The minimum atomic E-state index is -2.44. The Hall–Kier alpha value is -1.45. The summed E-state index contributed by atoms with van der Waals surface area (Å²) in [6.07, 6.45) is 0.0102. The predicted octanol–water partition coefficient (Wildman–Crippen LogP) is 2.19. The molecule has 1 heterocycles. The maximum atomic E-state index is 11.3. The average molecular weight is 363 g/mol. The number of nitrogens with zero attached hydrogens (tertiary/aromatic N) is 2. The van der Waals surface area contributed by atoms with Gasteiger partial charge in [0, 0.05) is 25.5 Å². The van der Waals surface area contributed by atoms with E-state index < -0.39 is 24.8 Å². The molecule has 0 fully saturated rings. The van der Waals surface area contributed by atoms with Crippen LogP contribution in [0, 0.1) is 0 Å². The second-order valence-corrected chi connectivity index (χ2v) is 7.74. The zero-order chi connectivity index (χ0) is 14.0. The Labute approximate surface area is 120 Å². The van der Waals surface area contributed by atoms with Crippen molar-refractivity contribution in [3.05, 3.63) is 40.3 Å². The summed E-state index contributed by atoms with van der Waals surface area (Å²) in [6, 6.07) is 6.46. The van der Waals surface area contributed by atoms with E-state index in [4.69, 9.17) is 0 Å². The van der Waals surface area contributed by atoms with Crippen LogP contribution < -0.4 is 4.90 Å². The molecule has 0 aromatic heterocycles. The molecule has 1 aliphatic rings. The standard InChI is InChI=1S/C10H7BrN2O4S2/c11-7-1-3-8(4-2-7)13(10(14)15)9-12-5-6-18(9)19(16)17/h1-6H,(H,14,15). The molecule has 0 bridgehead atoms. The van der Waals surface area contributed by atoms with E-state index in [1.54, 1.807) is 24.3 Å². The van der Waals surface area contributed by atoms with E-state index in [0.29, 0.717) is 5.69 Å². The predicted molar refractivity (Wildman–Crippen MR) is 77.5 cm³/mol. The first-order valence-corrected chi connectivity index (χ1v) is 8.54. The molecule has 1 amide bonds. The van der Waals surface area contributed by atoms with Crippen LogP contribution in [-0.4, -0.2) is 24.8 Å². The van der Waals surface area contributed by atoms with E-state index in [1.807, 2.05) is 0 Å². The Kier molecular flexibility index (Phi) is 4.17. The molecule has 1 atom stereocenters. The highest BCUT2D eigenvalue weighted by molar-refractivity contribution is 9.10. The van der Waals surface area contributed by atoms with Crippen LogP contribution in [0.15, 0.2) is 45.3 Å². The summed E-state index contributed by atoms with van der Waals surface area (Å²) in [5.74, 6) is 0. The van der Waals surface area contributed by atoms with Gasteiger partial charge in [0.2, 0.25) is 0 Å². The number of amidine groups is 1. The lowest BCUT2D eigenvalue weighted by Gasteiger charge is -2.18. The minimum Gasteiger partial charge on any atom is -0.464 e. The summed E-state index contributed by atoms with van der Waals surface area (Å²) in [7, 11) is -3.79. The summed E-state index contributed by atoms with van der Waals surface area (Å²) in [6.45, 7) is 0. The highest BCUT2D eigenvalue weighted by Crippen LogP contribution is 2.21. The number of halogens is 1. The molecule has 1 N–H and O–H groups in total. The molecule has 0 aliphatic carbocycles. The van der Waals surface area contributed by atoms with Crippen molar-refractivity contribution < 1.29 is 18.3 Å². The van der Waals surface area contributed by atoms with Crippen molar-refractivity contribution in [1.29, 1.82) is 0 Å². The first-order valence-electron chi connectivity index (χ1n) is 4.86. The Bertz CT molecular complexity index is 714. The Morgan fingerprint density at radius 1 is 1.32 bits per heavy atom. The summed E-state index contributed by atoms with van der Waals surface area (Å²) < 4.78 is 22.9. The number of anilines is 1. The second kappa shape index (κ2) is 5.68.